The van der Waals surface area contributed by atoms with Gasteiger partial charge in [0.25, 0.3) is 0 Å². The first-order valence-electron chi connectivity index (χ1n) is 6.42. The molecule has 0 atom stereocenters. The van der Waals surface area contributed by atoms with Gasteiger partial charge in [-0.2, -0.15) is 0 Å². The van der Waals surface area contributed by atoms with Gasteiger partial charge in [0.15, 0.2) is 0 Å². The van der Waals surface area contributed by atoms with Gasteiger partial charge < -0.3 is 15.7 Å². The smallest absolute Gasteiger partial charge is 0.248 e. The molecular weight excluding hydrogens is 250 g/mol. The summed E-state index contributed by atoms with van der Waals surface area (Å²) in [5.41, 5.74) is 9.09. The summed E-state index contributed by atoms with van der Waals surface area (Å²) in [7, 11) is 0. The van der Waals surface area contributed by atoms with Gasteiger partial charge in [-0.15, -0.1) is 0 Å². The van der Waals surface area contributed by atoms with E-state index in [4.69, 9.17) is 5.73 Å². The maximum absolute atomic E-state index is 11.1. The van der Waals surface area contributed by atoms with E-state index >= 15 is 0 Å². The van der Waals surface area contributed by atoms with Crippen LogP contribution in [-0.2, 0) is 0 Å². The predicted molar refractivity (Wildman–Crippen MR) is 77.5 cm³/mol. The van der Waals surface area contributed by atoms with Crippen molar-refractivity contribution in [1.29, 1.82) is 0 Å². The second-order valence-corrected chi connectivity index (χ2v) is 4.67. The van der Waals surface area contributed by atoms with E-state index in [1.54, 1.807) is 12.1 Å². The number of hydrogen-bond acceptors (Lipinski definition) is 1. The summed E-state index contributed by atoms with van der Waals surface area (Å²) < 4.78 is 0. The van der Waals surface area contributed by atoms with Crippen molar-refractivity contribution in [2.24, 2.45) is 5.73 Å². The van der Waals surface area contributed by atoms with Crippen LogP contribution in [0.1, 0.15) is 33.2 Å². The minimum Gasteiger partial charge on any atom is -0.366 e. The molecule has 0 spiro atoms. The number of benzene rings is 1. The first-order valence-corrected chi connectivity index (χ1v) is 6.42. The molecule has 0 bridgehead atoms. The molecule has 4 heteroatoms. The second kappa shape index (κ2) is 5.09. The number of nitrogens with two attached hydrogens (primary N) is 1. The van der Waals surface area contributed by atoms with Crippen LogP contribution in [0.25, 0.3) is 0 Å². The highest BCUT2D eigenvalue weighted by Crippen LogP contribution is 2.29. The highest BCUT2D eigenvalue weighted by atomic mass is 16.1. The summed E-state index contributed by atoms with van der Waals surface area (Å²) in [6.45, 7) is 0. The number of primary amides is 1. The average molecular weight is 265 g/mol. The van der Waals surface area contributed by atoms with Crippen molar-refractivity contribution < 1.29 is 4.79 Å². The van der Waals surface area contributed by atoms with Crippen molar-refractivity contribution in [3.05, 3.63) is 83.4 Å². The molecule has 1 aromatic carbocycles. The molecule has 0 radical (unpaired) electrons. The molecule has 0 aliphatic carbocycles. The molecule has 0 aliphatic rings. The second-order valence-electron chi connectivity index (χ2n) is 4.67. The van der Waals surface area contributed by atoms with Crippen LogP contribution < -0.4 is 5.73 Å². The van der Waals surface area contributed by atoms with Crippen LogP contribution in [-0.4, -0.2) is 15.9 Å². The van der Waals surface area contributed by atoms with Crippen LogP contribution >= 0.6 is 0 Å². The van der Waals surface area contributed by atoms with Gasteiger partial charge in [-0.3, -0.25) is 4.79 Å². The molecule has 0 fully saturated rings. The molecule has 20 heavy (non-hydrogen) atoms. The molecule has 2 aromatic heterocycles. The number of amides is 1. The van der Waals surface area contributed by atoms with E-state index in [9.17, 15) is 4.79 Å². The van der Waals surface area contributed by atoms with E-state index in [0.717, 1.165) is 17.0 Å². The van der Waals surface area contributed by atoms with E-state index in [1.807, 2.05) is 48.8 Å². The number of aromatic nitrogens is 2. The highest BCUT2D eigenvalue weighted by molar-refractivity contribution is 5.92. The number of rotatable bonds is 4. The lowest BCUT2D eigenvalue weighted by Gasteiger charge is -2.15. The first kappa shape index (κ1) is 12.3. The van der Waals surface area contributed by atoms with Crippen molar-refractivity contribution in [2.75, 3.05) is 0 Å². The van der Waals surface area contributed by atoms with Crippen LogP contribution in [0.2, 0.25) is 0 Å². The Kier molecular flexibility index (Phi) is 3.13. The summed E-state index contributed by atoms with van der Waals surface area (Å²) in [5.74, 6) is -0.324. The molecule has 0 unspecified atom stereocenters. The molecule has 3 rings (SSSR count). The van der Waals surface area contributed by atoms with Gasteiger partial charge in [-0.1, -0.05) is 12.1 Å². The van der Waals surface area contributed by atoms with Crippen LogP contribution in [0, 0.1) is 0 Å². The third-order valence-electron chi connectivity index (χ3n) is 3.39. The number of H-pyrrole nitrogens is 2. The average Bonchev–Trinajstić information content (AvgIpc) is 3.13. The molecule has 4 N–H and O–H groups in total. The zero-order valence-corrected chi connectivity index (χ0v) is 10.8. The quantitative estimate of drug-likeness (QED) is 0.666. The van der Waals surface area contributed by atoms with Crippen LogP contribution in [0.15, 0.2) is 60.9 Å². The van der Waals surface area contributed by atoms with Gasteiger partial charge in [0.1, 0.15) is 0 Å². The third-order valence-corrected chi connectivity index (χ3v) is 3.39. The van der Waals surface area contributed by atoms with E-state index in [0.29, 0.717) is 5.56 Å². The normalized spacial score (nSPS) is 10.8. The Morgan fingerprint density at radius 1 is 0.900 bits per heavy atom. The lowest BCUT2D eigenvalue weighted by molar-refractivity contribution is 0.100. The fourth-order valence-electron chi connectivity index (χ4n) is 2.41. The van der Waals surface area contributed by atoms with Gasteiger partial charge >= 0.3 is 0 Å². The molecule has 100 valence electrons. The Bertz CT molecular complexity index is 648. The molecule has 4 nitrogen and oxygen atoms in total. The van der Waals surface area contributed by atoms with Crippen molar-refractivity contribution in [3.8, 4) is 0 Å². The van der Waals surface area contributed by atoms with Crippen molar-refractivity contribution >= 4 is 5.91 Å². The molecular formula is C16H15N3O. The van der Waals surface area contributed by atoms with Crippen molar-refractivity contribution in [3.63, 3.8) is 0 Å². The SMILES string of the molecule is NC(=O)c1ccc(C(c2ccc[nH]2)c2ccc[nH]2)cc1. The largest absolute Gasteiger partial charge is 0.366 e. The van der Waals surface area contributed by atoms with E-state index in [2.05, 4.69) is 9.97 Å². The van der Waals surface area contributed by atoms with E-state index < -0.39 is 5.91 Å². The summed E-state index contributed by atoms with van der Waals surface area (Å²) >= 11 is 0. The number of carbonyl (C=O) groups excluding carboxylic acids is 1. The molecule has 0 aliphatic heterocycles. The van der Waals surface area contributed by atoms with Gasteiger partial charge in [0.05, 0.1) is 5.92 Å². The number of aromatic amines is 2. The topological polar surface area (TPSA) is 74.7 Å². The lowest BCUT2D eigenvalue weighted by Crippen LogP contribution is -2.11. The highest BCUT2D eigenvalue weighted by Gasteiger charge is 2.18. The fraction of sp³-hybridized carbons (Fsp3) is 0.0625. The maximum Gasteiger partial charge on any atom is 0.248 e. The fourth-order valence-corrected chi connectivity index (χ4v) is 2.41. The third kappa shape index (κ3) is 2.23. The summed E-state index contributed by atoms with van der Waals surface area (Å²) in [6, 6.07) is 15.4. The van der Waals surface area contributed by atoms with E-state index in [1.165, 1.54) is 0 Å². The van der Waals surface area contributed by atoms with Gasteiger partial charge in [-0.05, 0) is 42.0 Å². The molecule has 1 amide bonds. The predicted octanol–water partition coefficient (Wildman–Crippen LogP) is 2.62. The van der Waals surface area contributed by atoms with Gasteiger partial charge in [0.2, 0.25) is 5.91 Å². The Hall–Kier alpha value is -2.75. The molecule has 2 heterocycles. The van der Waals surface area contributed by atoms with E-state index in [-0.39, 0.29) is 5.92 Å². The Morgan fingerprint density at radius 3 is 1.85 bits per heavy atom. The summed E-state index contributed by atoms with van der Waals surface area (Å²) in [5, 5.41) is 0. The summed E-state index contributed by atoms with van der Waals surface area (Å²) in [6.07, 6.45) is 3.81. The monoisotopic (exact) mass is 265 g/mol. The minimum atomic E-state index is -0.409. The van der Waals surface area contributed by atoms with Gasteiger partial charge in [-0.25, -0.2) is 0 Å². The number of nitrogens with one attached hydrogen (secondary N) is 2. The van der Waals surface area contributed by atoms with Crippen LogP contribution in [0.3, 0.4) is 0 Å². The van der Waals surface area contributed by atoms with Crippen molar-refractivity contribution in [1.82, 2.24) is 9.97 Å². The number of carbonyl (C=O) groups is 1. The standard InChI is InChI=1S/C16H15N3O/c17-16(20)12-7-5-11(6-8-12)15(13-3-1-9-18-13)14-4-2-10-19-14/h1-10,15,18-19H,(H2,17,20). The van der Waals surface area contributed by atoms with Crippen molar-refractivity contribution in [2.45, 2.75) is 5.92 Å². The summed E-state index contributed by atoms with van der Waals surface area (Å²) in [4.78, 5) is 17.6. The Labute approximate surface area is 116 Å². The molecule has 0 saturated heterocycles. The first-order chi connectivity index (χ1) is 9.75. The minimum absolute atomic E-state index is 0.0851. The lowest BCUT2D eigenvalue weighted by atomic mass is 9.92. The molecule has 0 saturated carbocycles. The van der Waals surface area contributed by atoms with Crippen LogP contribution in [0.4, 0.5) is 0 Å². The number of hydrogen-bond donors (Lipinski definition) is 3. The Morgan fingerprint density at radius 2 is 1.45 bits per heavy atom. The zero-order chi connectivity index (χ0) is 13.9. The Balaban J connectivity index is 2.04. The maximum atomic E-state index is 11.1. The zero-order valence-electron chi connectivity index (χ0n) is 10.8. The molecule has 3 aromatic rings. The van der Waals surface area contributed by atoms with Gasteiger partial charge in [0, 0.05) is 29.3 Å². The van der Waals surface area contributed by atoms with Crippen LogP contribution in [0.5, 0.6) is 0 Å².